The van der Waals surface area contributed by atoms with Gasteiger partial charge in [-0.2, -0.15) is 13.2 Å². The van der Waals surface area contributed by atoms with Crippen molar-refractivity contribution in [3.63, 3.8) is 0 Å². The summed E-state index contributed by atoms with van der Waals surface area (Å²) in [4.78, 5) is 22.9. The van der Waals surface area contributed by atoms with Gasteiger partial charge in [0.05, 0.1) is 10.6 Å². The Kier molecular flexibility index (Phi) is 6.68. The van der Waals surface area contributed by atoms with Crippen LogP contribution in [0.4, 0.5) is 30.2 Å². The summed E-state index contributed by atoms with van der Waals surface area (Å²) in [5.74, 6) is -0.615. The monoisotopic (exact) mass is 399 g/mol. The molecular weight excluding hydrogens is 383 g/mol. The van der Waals surface area contributed by atoms with E-state index in [0.29, 0.717) is 5.69 Å². The highest BCUT2D eigenvalue weighted by atomic mass is 35.5. The van der Waals surface area contributed by atoms with Crippen LogP contribution in [0.2, 0.25) is 5.02 Å². The molecule has 27 heavy (non-hydrogen) atoms. The Hall–Kier alpha value is -2.74. The molecular formula is C18H17ClF3N3O2. The van der Waals surface area contributed by atoms with Crippen LogP contribution in [0.15, 0.2) is 42.5 Å². The normalized spacial score (nSPS) is 11.0. The van der Waals surface area contributed by atoms with Crippen LogP contribution in [0, 0.1) is 0 Å². The van der Waals surface area contributed by atoms with Crippen LogP contribution in [0.1, 0.15) is 18.9 Å². The number of alkyl halides is 3. The van der Waals surface area contributed by atoms with Gasteiger partial charge in [0.1, 0.15) is 0 Å². The van der Waals surface area contributed by atoms with Crippen LogP contribution in [-0.4, -0.2) is 18.4 Å². The van der Waals surface area contributed by atoms with E-state index in [1.165, 1.54) is 13.0 Å². The summed E-state index contributed by atoms with van der Waals surface area (Å²) >= 11 is 5.54. The van der Waals surface area contributed by atoms with Crippen LogP contribution in [0.5, 0.6) is 0 Å². The van der Waals surface area contributed by atoms with Crippen molar-refractivity contribution in [1.82, 2.24) is 0 Å². The summed E-state index contributed by atoms with van der Waals surface area (Å²) in [6.07, 6.45) is -4.54. The van der Waals surface area contributed by atoms with Crippen molar-refractivity contribution >= 4 is 40.5 Å². The van der Waals surface area contributed by atoms with Gasteiger partial charge < -0.3 is 16.0 Å². The summed E-state index contributed by atoms with van der Waals surface area (Å²) in [6.45, 7) is 1.69. The van der Waals surface area contributed by atoms with Gasteiger partial charge >= 0.3 is 6.18 Å². The van der Waals surface area contributed by atoms with Gasteiger partial charge in [0, 0.05) is 37.0 Å². The van der Waals surface area contributed by atoms with E-state index >= 15 is 0 Å². The number of hydrogen-bond donors (Lipinski definition) is 3. The average Bonchev–Trinajstić information content (AvgIpc) is 2.57. The molecule has 144 valence electrons. The average molecular weight is 400 g/mol. The number of anilines is 3. The second kappa shape index (κ2) is 8.77. The van der Waals surface area contributed by atoms with Crippen molar-refractivity contribution < 1.29 is 22.8 Å². The Labute approximate surface area is 158 Å². The van der Waals surface area contributed by atoms with E-state index in [9.17, 15) is 22.8 Å². The number of hydrogen-bond acceptors (Lipinski definition) is 3. The number of nitrogens with one attached hydrogen (secondary N) is 3. The van der Waals surface area contributed by atoms with Gasteiger partial charge in [-0.15, -0.1) is 0 Å². The molecule has 0 bridgehead atoms. The standard InChI is InChI=1S/C18H17ClF3N3O2/c1-11(26)24-13-4-2-12(3-5-13)23-9-8-17(27)25-14-6-7-16(19)15(10-14)18(20,21)22/h2-7,10,23H,8-9H2,1H3,(H,24,26)(H,25,27). The largest absolute Gasteiger partial charge is 0.417 e. The van der Waals surface area contributed by atoms with Crippen LogP contribution in [0.25, 0.3) is 0 Å². The van der Waals surface area contributed by atoms with Gasteiger partial charge in [0.2, 0.25) is 11.8 Å². The summed E-state index contributed by atoms with van der Waals surface area (Å²) < 4.78 is 38.5. The number of carbonyl (C=O) groups excluding carboxylic acids is 2. The van der Waals surface area contributed by atoms with Crippen molar-refractivity contribution in [2.45, 2.75) is 19.5 Å². The molecule has 9 heteroatoms. The maximum absolute atomic E-state index is 12.8. The lowest BCUT2D eigenvalue weighted by Gasteiger charge is -2.12. The predicted molar refractivity (Wildman–Crippen MR) is 98.9 cm³/mol. The number of amides is 2. The minimum absolute atomic E-state index is 0.0244. The molecule has 0 saturated heterocycles. The van der Waals surface area contributed by atoms with Crippen molar-refractivity contribution in [3.05, 3.63) is 53.1 Å². The third kappa shape index (κ3) is 6.49. The lowest BCUT2D eigenvalue weighted by atomic mass is 10.2. The van der Waals surface area contributed by atoms with Crippen molar-refractivity contribution in [3.8, 4) is 0 Å². The van der Waals surface area contributed by atoms with Crippen LogP contribution < -0.4 is 16.0 Å². The fourth-order valence-electron chi connectivity index (χ4n) is 2.24. The number of halogens is 4. The Morgan fingerprint density at radius 2 is 1.56 bits per heavy atom. The molecule has 5 nitrogen and oxygen atoms in total. The van der Waals surface area contributed by atoms with E-state index in [-0.39, 0.29) is 24.6 Å². The van der Waals surface area contributed by atoms with Crippen molar-refractivity contribution in [2.75, 3.05) is 22.5 Å². The molecule has 0 fully saturated rings. The molecule has 0 atom stereocenters. The molecule has 2 aromatic rings. The lowest BCUT2D eigenvalue weighted by Crippen LogP contribution is -2.17. The maximum atomic E-state index is 12.8. The zero-order valence-electron chi connectivity index (χ0n) is 14.3. The fraction of sp³-hybridized carbons (Fsp3) is 0.222. The molecule has 0 aliphatic rings. The summed E-state index contributed by atoms with van der Waals surface area (Å²) in [5, 5.41) is 7.63. The minimum Gasteiger partial charge on any atom is -0.385 e. The Bertz CT molecular complexity index is 824. The second-order valence-corrected chi connectivity index (χ2v) is 6.08. The zero-order valence-corrected chi connectivity index (χ0v) is 15.0. The fourth-order valence-corrected chi connectivity index (χ4v) is 2.46. The van der Waals surface area contributed by atoms with Gasteiger partial charge in [0.15, 0.2) is 0 Å². The molecule has 0 heterocycles. The molecule has 0 unspecified atom stereocenters. The predicted octanol–water partition coefficient (Wildman–Crippen LogP) is 4.76. The zero-order chi connectivity index (χ0) is 20.0. The van der Waals surface area contributed by atoms with Crippen molar-refractivity contribution in [2.24, 2.45) is 0 Å². The highest BCUT2D eigenvalue weighted by molar-refractivity contribution is 6.31. The molecule has 2 rings (SSSR count). The number of benzene rings is 2. The van der Waals surface area contributed by atoms with Crippen molar-refractivity contribution in [1.29, 1.82) is 0 Å². The van der Waals surface area contributed by atoms with E-state index < -0.39 is 22.7 Å². The Morgan fingerprint density at radius 1 is 0.963 bits per heavy atom. The molecule has 0 aliphatic carbocycles. The van der Waals surface area contributed by atoms with Gasteiger partial charge in [0.25, 0.3) is 0 Å². The van der Waals surface area contributed by atoms with E-state index in [4.69, 9.17) is 11.6 Å². The first kappa shape index (κ1) is 20.6. The Balaban J connectivity index is 1.85. The first-order valence-corrected chi connectivity index (χ1v) is 8.31. The van der Waals surface area contributed by atoms with Gasteiger partial charge in [-0.1, -0.05) is 11.6 Å². The van der Waals surface area contributed by atoms with Gasteiger partial charge in [-0.3, -0.25) is 9.59 Å². The smallest absolute Gasteiger partial charge is 0.385 e. The number of rotatable bonds is 6. The van der Waals surface area contributed by atoms with Gasteiger partial charge in [-0.25, -0.2) is 0 Å². The number of carbonyl (C=O) groups is 2. The highest BCUT2D eigenvalue weighted by Gasteiger charge is 2.33. The van der Waals surface area contributed by atoms with Crippen LogP contribution >= 0.6 is 11.6 Å². The van der Waals surface area contributed by atoms with E-state index in [1.807, 2.05) is 0 Å². The third-order valence-electron chi connectivity index (χ3n) is 3.44. The first-order chi connectivity index (χ1) is 12.6. The lowest BCUT2D eigenvalue weighted by molar-refractivity contribution is -0.137. The van der Waals surface area contributed by atoms with Crippen LogP contribution in [0.3, 0.4) is 0 Å². The molecule has 0 aromatic heterocycles. The molecule has 0 saturated carbocycles. The molecule has 0 radical (unpaired) electrons. The molecule has 2 aromatic carbocycles. The molecule has 0 aliphatic heterocycles. The summed E-state index contributed by atoms with van der Waals surface area (Å²) in [7, 11) is 0. The third-order valence-corrected chi connectivity index (χ3v) is 3.77. The van der Waals surface area contributed by atoms with Crippen LogP contribution in [-0.2, 0) is 15.8 Å². The topological polar surface area (TPSA) is 70.2 Å². The quantitative estimate of drug-likeness (QED) is 0.656. The summed E-state index contributed by atoms with van der Waals surface area (Å²) in [5.41, 5.74) is 0.410. The Morgan fingerprint density at radius 3 is 2.15 bits per heavy atom. The van der Waals surface area contributed by atoms with E-state index in [0.717, 1.165) is 17.8 Å². The molecule has 0 spiro atoms. The highest BCUT2D eigenvalue weighted by Crippen LogP contribution is 2.36. The SMILES string of the molecule is CC(=O)Nc1ccc(NCCC(=O)Nc2ccc(Cl)c(C(F)(F)F)c2)cc1. The summed E-state index contributed by atoms with van der Waals surface area (Å²) in [6, 6.07) is 10.1. The van der Waals surface area contributed by atoms with Gasteiger partial charge in [-0.05, 0) is 42.5 Å². The first-order valence-electron chi connectivity index (χ1n) is 7.93. The molecule has 2 amide bonds. The van der Waals surface area contributed by atoms with E-state index in [1.54, 1.807) is 24.3 Å². The minimum atomic E-state index is -4.59. The maximum Gasteiger partial charge on any atom is 0.417 e. The second-order valence-electron chi connectivity index (χ2n) is 5.68. The molecule has 3 N–H and O–H groups in total. The van der Waals surface area contributed by atoms with E-state index in [2.05, 4.69) is 16.0 Å².